The average Bonchev–Trinajstić information content (AvgIpc) is 3.32. The molecule has 1 aromatic carbocycles. The lowest BCUT2D eigenvalue weighted by Gasteiger charge is -2.26. The Hall–Kier alpha value is -4.12. The molecule has 0 saturated carbocycles. The van der Waals surface area contributed by atoms with Crippen LogP contribution in [0, 0.1) is 12.8 Å². The summed E-state index contributed by atoms with van der Waals surface area (Å²) in [6, 6.07) is 14.2. The van der Waals surface area contributed by atoms with Crippen LogP contribution in [0.4, 0.5) is 0 Å². The molecule has 3 heterocycles. The number of carbonyl (C=O) groups excluding carboxylic acids is 3. The minimum Gasteiger partial charge on any atom is -0.354 e. The zero-order valence-electron chi connectivity index (χ0n) is 24.8. The maximum Gasteiger partial charge on any atom is 0.243 e. The minimum atomic E-state index is -0.773. The summed E-state index contributed by atoms with van der Waals surface area (Å²) in [5.41, 5.74) is 1.89. The molecule has 2 atom stereocenters. The van der Waals surface area contributed by atoms with Crippen molar-refractivity contribution in [2.75, 3.05) is 19.6 Å². The Morgan fingerprint density at radius 1 is 0.952 bits per heavy atom. The van der Waals surface area contributed by atoms with E-state index in [1.165, 1.54) is 0 Å². The zero-order valence-corrected chi connectivity index (χ0v) is 24.8. The van der Waals surface area contributed by atoms with Crippen LogP contribution in [0.1, 0.15) is 62.1 Å². The van der Waals surface area contributed by atoms with Crippen LogP contribution in [-0.4, -0.2) is 68.0 Å². The second-order valence-electron chi connectivity index (χ2n) is 11.1. The minimum absolute atomic E-state index is 0.00288. The first-order valence-corrected chi connectivity index (χ1v) is 14.7. The van der Waals surface area contributed by atoms with E-state index < -0.39 is 12.1 Å². The number of pyridine rings is 1. The van der Waals surface area contributed by atoms with Gasteiger partial charge in [-0.15, -0.1) is 0 Å². The van der Waals surface area contributed by atoms with E-state index in [0.717, 1.165) is 24.2 Å². The van der Waals surface area contributed by atoms with E-state index in [2.05, 4.69) is 35.9 Å². The lowest BCUT2D eigenvalue weighted by atomic mass is 10.0. The quantitative estimate of drug-likeness (QED) is 0.426. The molecule has 42 heavy (non-hydrogen) atoms. The molecule has 11 nitrogen and oxygen atoms in total. The van der Waals surface area contributed by atoms with Crippen LogP contribution in [0.5, 0.6) is 0 Å². The molecular formula is C31H42N8O3. The molecule has 1 aliphatic rings. The third-order valence-electron chi connectivity index (χ3n) is 7.24. The Morgan fingerprint density at radius 2 is 1.71 bits per heavy atom. The van der Waals surface area contributed by atoms with Crippen LogP contribution < -0.4 is 16.0 Å². The second kappa shape index (κ2) is 15.2. The maximum atomic E-state index is 13.7. The van der Waals surface area contributed by atoms with E-state index in [4.69, 9.17) is 0 Å². The monoisotopic (exact) mass is 574 g/mol. The number of aryl methyl sites for hydroxylation is 1. The Balaban J connectivity index is 1.58. The number of aromatic nitrogens is 4. The predicted molar refractivity (Wildman–Crippen MR) is 159 cm³/mol. The summed E-state index contributed by atoms with van der Waals surface area (Å²) in [5, 5.41) is 13.5. The molecule has 3 amide bonds. The van der Waals surface area contributed by atoms with Gasteiger partial charge < -0.3 is 16.0 Å². The molecule has 3 N–H and O–H groups in total. The normalized spacial score (nSPS) is 20.1. The number of amides is 3. The lowest BCUT2D eigenvalue weighted by molar-refractivity contribution is -0.129. The van der Waals surface area contributed by atoms with Gasteiger partial charge in [-0.1, -0.05) is 50.2 Å². The highest BCUT2D eigenvalue weighted by Crippen LogP contribution is 2.21. The first-order valence-electron chi connectivity index (χ1n) is 14.7. The molecule has 4 rings (SSSR count). The van der Waals surface area contributed by atoms with Gasteiger partial charge in [0.2, 0.25) is 17.7 Å². The number of hydrogen-bond acceptors (Lipinski definition) is 7. The number of nitrogens with zero attached hydrogens (tertiary/aromatic N) is 5. The van der Waals surface area contributed by atoms with Crippen LogP contribution in [0.2, 0.25) is 0 Å². The lowest BCUT2D eigenvalue weighted by Crippen LogP contribution is -2.50. The number of benzene rings is 1. The zero-order chi connectivity index (χ0) is 29.9. The van der Waals surface area contributed by atoms with Gasteiger partial charge in [0.05, 0.1) is 11.7 Å². The van der Waals surface area contributed by atoms with Crippen LogP contribution in [0.25, 0.3) is 0 Å². The fraction of sp³-hybridized carbons (Fsp3) is 0.484. The van der Waals surface area contributed by atoms with Crippen LogP contribution in [0.15, 0.2) is 54.7 Å². The van der Waals surface area contributed by atoms with Gasteiger partial charge in [0.15, 0.2) is 5.82 Å². The van der Waals surface area contributed by atoms with Crippen LogP contribution in [0.3, 0.4) is 0 Å². The first kappa shape index (κ1) is 30.8. The average molecular weight is 575 g/mol. The Morgan fingerprint density at radius 3 is 2.45 bits per heavy atom. The van der Waals surface area contributed by atoms with E-state index in [9.17, 15) is 14.4 Å². The van der Waals surface area contributed by atoms with Crippen LogP contribution >= 0.6 is 0 Å². The summed E-state index contributed by atoms with van der Waals surface area (Å²) in [4.78, 5) is 51.0. The highest BCUT2D eigenvalue weighted by Gasteiger charge is 2.29. The van der Waals surface area contributed by atoms with Gasteiger partial charge in [-0.2, -0.15) is 5.10 Å². The highest BCUT2D eigenvalue weighted by molar-refractivity contribution is 5.88. The molecule has 0 saturated heterocycles. The number of nitrogens with one attached hydrogen (secondary N) is 3. The molecule has 3 aromatic rings. The molecule has 0 radical (unpaired) electrons. The smallest absolute Gasteiger partial charge is 0.243 e. The van der Waals surface area contributed by atoms with Crippen molar-refractivity contribution in [2.24, 2.45) is 5.92 Å². The van der Waals surface area contributed by atoms with Crippen molar-refractivity contribution in [3.63, 3.8) is 0 Å². The fourth-order valence-corrected chi connectivity index (χ4v) is 5.10. The van der Waals surface area contributed by atoms with Crippen LogP contribution in [-0.2, 0) is 33.9 Å². The molecule has 2 aromatic heterocycles. The van der Waals surface area contributed by atoms with Crippen molar-refractivity contribution in [2.45, 2.75) is 71.6 Å². The largest absolute Gasteiger partial charge is 0.354 e. The summed E-state index contributed by atoms with van der Waals surface area (Å²) >= 11 is 0. The molecule has 0 fully saturated rings. The molecule has 0 bridgehead atoms. The number of fused-ring (bicyclic) bond motifs is 1. The van der Waals surface area contributed by atoms with Crippen molar-refractivity contribution in [3.8, 4) is 0 Å². The molecule has 224 valence electrons. The molecule has 0 aliphatic carbocycles. The predicted octanol–water partition coefficient (Wildman–Crippen LogP) is 2.32. The number of hydrogen-bond donors (Lipinski definition) is 3. The van der Waals surface area contributed by atoms with Crippen molar-refractivity contribution in [1.29, 1.82) is 0 Å². The van der Waals surface area contributed by atoms with Crippen molar-refractivity contribution in [1.82, 2.24) is 40.6 Å². The summed E-state index contributed by atoms with van der Waals surface area (Å²) in [6.07, 6.45) is 3.78. The second-order valence-corrected chi connectivity index (χ2v) is 11.1. The molecule has 1 aliphatic heterocycles. The van der Waals surface area contributed by atoms with E-state index in [-0.39, 0.29) is 36.6 Å². The van der Waals surface area contributed by atoms with Gasteiger partial charge >= 0.3 is 0 Å². The van der Waals surface area contributed by atoms with E-state index in [0.29, 0.717) is 44.1 Å². The number of rotatable bonds is 5. The van der Waals surface area contributed by atoms with Crippen molar-refractivity contribution >= 4 is 17.7 Å². The maximum absolute atomic E-state index is 13.7. The van der Waals surface area contributed by atoms with Gasteiger partial charge in [-0.05, 0) is 49.9 Å². The Labute approximate surface area is 247 Å². The summed E-state index contributed by atoms with van der Waals surface area (Å²) in [6.45, 7) is 8.30. The van der Waals surface area contributed by atoms with Gasteiger partial charge in [0, 0.05) is 38.7 Å². The standard InChI is InChI=1S/C31H42N8O3/c1-22(2)29-30-34-23(3)37-39(30)21-28(41)33-16-10-18-38(20-25-13-7-8-15-32-25)17-9-14-27(40)35-26(31(42)36-29)19-24-11-5-4-6-12-24/h4-8,11-13,15,22,26,29H,9-10,14,16-21H2,1-3H3,(H,33,41)(H,35,40)(H,36,42)/t26-,29+/m1/s1. The van der Waals surface area contributed by atoms with E-state index in [1.807, 2.05) is 62.4 Å². The van der Waals surface area contributed by atoms with Gasteiger partial charge in [-0.25, -0.2) is 9.67 Å². The SMILES string of the molecule is Cc1nc2n(n1)CC(=O)NCCCN(Cc1ccccn1)CCCC(=O)N[C@H](Cc1ccccc1)C(=O)N[C@H]2C(C)C. The van der Waals surface area contributed by atoms with Gasteiger partial charge in [0.25, 0.3) is 0 Å². The van der Waals surface area contributed by atoms with Gasteiger partial charge in [0.1, 0.15) is 18.4 Å². The fourth-order valence-electron chi connectivity index (χ4n) is 5.10. The number of carbonyl (C=O) groups is 3. The summed E-state index contributed by atoms with van der Waals surface area (Å²) in [5.74, 6) is 0.351. The molecule has 0 unspecified atom stereocenters. The van der Waals surface area contributed by atoms with E-state index in [1.54, 1.807) is 17.8 Å². The third kappa shape index (κ3) is 9.20. The first-order chi connectivity index (χ1) is 20.3. The highest BCUT2D eigenvalue weighted by atomic mass is 16.2. The summed E-state index contributed by atoms with van der Waals surface area (Å²) in [7, 11) is 0. The Bertz CT molecular complexity index is 1310. The third-order valence-corrected chi connectivity index (χ3v) is 7.24. The van der Waals surface area contributed by atoms with Crippen molar-refractivity contribution in [3.05, 3.63) is 77.6 Å². The van der Waals surface area contributed by atoms with E-state index >= 15 is 0 Å². The molecular weight excluding hydrogens is 532 g/mol. The Kier molecular flexibility index (Phi) is 11.2. The van der Waals surface area contributed by atoms with Crippen molar-refractivity contribution < 1.29 is 14.4 Å². The molecule has 0 spiro atoms. The topological polar surface area (TPSA) is 134 Å². The van der Waals surface area contributed by atoms with Gasteiger partial charge in [-0.3, -0.25) is 24.3 Å². The molecule has 11 heteroatoms. The summed E-state index contributed by atoms with van der Waals surface area (Å²) < 4.78 is 1.57.